The summed E-state index contributed by atoms with van der Waals surface area (Å²) >= 11 is 6.04. The van der Waals surface area contributed by atoms with E-state index >= 15 is 0 Å². The Kier molecular flexibility index (Phi) is 4.36. The topological polar surface area (TPSA) is 128 Å². The fourth-order valence-electron chi connectivity index (χ4n) is 1.60. The number of anilines is 3. The largest absolute Gasteiger partial charge is 0.497 e. The number of hydrogen-bond donors (Lipinski definition) is 3. The summed E-state index contributed by atoms with van der Waals surface area (Å²) in [5, 5.41) is 14.3. The molecule has 0 fully saturated rings. The zero-order valence-corrected chi connectivity index (χ0v) is 11.6. The van der Waals surface area contributed by atoms with Gasteiger partial charge in [0.1, 0.15) is 12.1 Å². The minimum Gasteiger partial charge on any atom is -0.497 e. The smallest absolute Gasteiger partial charge is 0.354 e. The van der Waals surface area contributed by atoms with E-state index in [1.54, 1.807) is 18.2 Å². The third-order valence-corrected chi connectivity index (χ3v) is 2.90. The second-order valence-corrected chi connectivity index (χ2v) is 4.20. The Bertz CT molecular complexity index is 681. The first-order valence-electron chi connectivity index (χ1n) is 5.63. The van der Waals surface area contributed by atoms with Crippen molar-refractivity contribution >= 4 is 34.6 Å². The number of nitrogens with two attached hydrogens (primary N) is 1. The zero-order valence-electron chi connectivity index (χ0n) is 10.8. The van der Waals surface area contributed by atoms with E-state index in [0.29, 0.717) is 16.5 Å². The molecule has 0 saturated heterocycles. The average molecular weight is 311 g/mol. The van der Waals surface area contributed by atoms with Gasteiger partial charge in [-0.2, -0.15) is 0 Å². The molecule has 0 amide bonds. The number of nitrogen functional groups attached to an aromatic ring is 1. The Balaban J connectivity index is 2.47. The number of methoxy groups -OCH3 is 1. The van der Waals surface area contributed by atoms with Gasteiger partial charge in [0.2, 0.25) is 11.6 Å². The maximum atomic E-state index is 11.1. The Labute approximate surface area is 124 Å². The van der Waals surface area contributed by atoms with E-state index in [4.69, 9.17) is 22.2 Å². The lowest BCUT2D eigenvalue weighted by molar-refractivity contribution is -0.383. The van der Waals surface area contributed by atoms with Gasteiger partial charge in [0.05, 0.1) is 22.7 Å². The first-order chi connectivity index (χ1) is 10.1. The average Bonchev–Trinajstić information content (AvgIpc) is 2.48. The van der Waals surface area contributed by atoms with Crippen LogP contribution in [-0.2, 0) is 0 Å². The summed E-state index contributed by atoms with van der Waals surface area (Å²) in [5.41, 5.74) is 2.16. The van der Waals surface area contributed by atoms with Crippen molar-refractivity contribution in [3.63, 3.8) is 0 Å². The molecule has 1 heterocycles. The van der Waals surface area contributed by atoms with Gasteiger partial charge in [0.15, 0.2) is 0 Å². The number of rotatable bonds is 5. The van der Waals surface area contributed by atoms with Gasteiger partial charge in [-0.1, -0.05) is 11.6 Å². The fourth-order valence-corrected chi connectivity index (χ4v) is 1.77. The molecular weight excluding hydrogens is 300 g/mol. The number of aromatic nitrogens is 2. The van der Waals surface area contributed by atoms with Crippen molar-refractivity contribution in [1.82, 2.24) is 9.97 Å². The lowest BCUT2D eigenvalue weighted by atomic mass is 10.3. The molecule has 0 atom stereocenters. The zero-order chi connectivity index (χ0) is 15.4. The first kappa shape index (κ1) is 14.8. The number of hydrogen-bond acceptors (Lipinski definition) is 8. The second kappa shape index (κ2) is 6.20. The van der Waals surface area contributed by atoms with Gasteiger partial charge in [-0.15, -0.1) is 0 Å². The molecule has 2 aromatic rings. The van der Waals surface area contributed by atoms with Gasteiger partial charge in [-0.25, -0.2) is 15.8 Å². The molecule has 10 heteroatoms. The lowest BCUT2D eigenvalue weighted by Gasteiger charge is -2.10. The molecule has 21 heavy (non-hydrogen) atoms. The van der Waals surface area contributed by atoms with Crippen LogP contribution in [0.3, 0.4) is 0 Å². The number of nitrogens with zero attached hydrogens (tertiary/aromatic N) is 3. The van der Waals surface area contributed by atoms with Crippen LogP contribution in [0.25, 0.3) is 0 Å². The van der Waals surface area contributed by atoms with Crippen molar-refractivity contribution in [2.24, 2.45) is 5.84 Å². The highest BCUT2D eigenvalue weighted by Gasteiger charge is 2.23. The normalized spacial score (nSPS) is 10.0. The molecule has 1 aromatic carbocycles. The van der Waals surface area contributed by atoms with Crippen LogP contribution in [0, 0.1) is 10.1 Å². The van der Waals surface area contributed by atoms with Crippen molar-refractivity contribution in [1.29, 1.82) is 0 Å². The molecule has 0 radical (unpaired) electrons. The summed E-state index contributed by atoms with van der Waals surface area (Å²) in [6, 6.07) is 4.84. The van der Waals surface area contributed by atoms with Crippen LogP contribution >= 0.6 is 11.6 Å². The molecule has 9 nitrogen and oxygen atoms in total. The van der Waals surface area contributed by atoms with Crippen molar-refractivity contribution in [2.45, 2.75) is 0 Å². The molecule has 0 saturated carbocycles. The lowest BCUT2D eigenvalue weighted by Crippen LogP contribution is -2.12. The highest BCUT2D eigenvalue weighted by molar-refractivity contribution is 6.33. The Morgan fingerprint density at radius 1 is 1.38 bits per heavy atom. The molecule has 1 aromatic heterocycles. The highest BCUT2D eigenvalue weighted by Crippen LogP contribution is 2.34. The summed E-state index contributed by atoms with van der Waals surface area (Å²) in [6.45, 7) is 0. The molecule has 2 rings (SSSR count). The van der Waals surface area contributed by atoms with Crippen LogP contribution < -0.4 is 21.3 Å². The number of nitro groups is 1. The van der Waals surface area contributed by atoms with E-state index in [9.17, 15) is 10.1 Å². The van der Waals surface area contributed by atoms with Gasteiger partial charge in [-0.3, -0.25) is 10.1 Å². The minimum absolute atomic E-state index is 0.0434. The predicted octanol–water partition coefficient (Wildman–Crippen LogP) is 2.08. The third kappa shape index (κ3) is 3.09. The minimum atomic E-state index is -0.647. The number of ether oxygens (including phenoxy) is 1. The number of benzene rings is 1. The molecule has 0 unspecified atom stereocenters. The summed E-state index contributed by atoms with van der Waals surface area (Å²) in [4.78, 5) is 18.0. The molecular formula is C11H11ClN6O3. The Morgan fingerprint density at radius 3 is 2.71 bits per heavy atom. The molecule has 0 aliphatic heterocycles. The van der Waals surface area contributed by atoms with E-state index < -0.39 is 4.92 Å². The molecule has 0 spiro atoms. The molecule has 0 aliphatic carbocycles. The van der Waals surface area contributed by atoms with E-state index in [1.807, 2.05) is 0 Å². The van der Waals surface area contributed by atoms with Crippen LogP contribution in [0.2, 0.25) is 5.02 Å². The number of nitrogens with one attached hydrogen (secondary N) is 2. The van der Waals surface area contributed by atoms with E-state index in [0.717, 1.165) is 6.33 Å². The van der Waals surface area contributed by atoms with Crippen molar-refractivity contribution in [2.75, 3.05) is 17.9 Å². The summed E-state index contributed by atoms with van der Waals surface area (Å²) < 4.78 is 5.07. The standard InChI is InChI=1S/C11H11ClN6O3/c1-21-6-2-3-7(12)8(4-6)16-10-9(18(19)20)11(17-13)15-5-14-10/h2-5H,13H2,1H3,(H2,14,15,16,17). The van der Waals surface area contributed by atoms with E-state index in [2.05, 4.69) is 20.7 Å². The van der Waals surface area contributed by atoms with E-state index in [-0.39, 0.29) is 17.3 Å². The molecule has 4 N–H and O–H groups in total. The summed E-state index contributed by atoms with van der Waals surface area (Å²) in [7, 11) is 1.50. The van der Waals surface area contributed by atoms with Crippen LogP contribution in [0.5, 0.6) is 5.75 Å². The first-order valence-corrected chi connectivity index (χ1v) is 6.01. The van der Waals surface area contributed by atoms with Gasteiger partial charge >= 0.3 is 5.69 Å². The SMILES string of the molecule is COc1ccc(Cl)c(Nc2ncnc(NN)c2[N+](=O)[O-])c1. The molecule has 110 valence electrons. The monoisotopic (exact) mass is 310 g/mol. The predicted molar refractivity (Wildman–Crippen MR) is 77.8 cm³/mol. The third-order valence-electron chi connectivity index (χ3n) is 2.57. The van der Waals surface area contributed by atoms with Crippen LogP contribution in [0.1, 0.15) is 0 Å². The number of hydrazine groups is 1. The van der Waals surface area contributed by atoms with Crippen molar-refractivity contribution in [3.8, 4) is 5.75 Å². The van der Waals surface area contributed by atoms with Crippen LogP contribution in [0.4, 0.5) is 23.0 Å². The maximum Gasteiger partial charge on any atom is 0.354 e. The van der Waals surface area contributed by atoms with E-state index in [1.165, 1.54) is 7.11 Å². The van der Waals surface area contributed by atoms with Gasteiger partial charge in [0.25, 0.3) is 0 Å². The summed E-state index contributed by atoms with van der Waals surface area (Å²) in [5.74, 6) is 5.59. The number of halogens is 1. The Hall–Kier alpha value is -2.65. The van der Waals surface area contributed by atoms with Crippen LogP contribution in [0.15, 0.2) is 24.5 Å². The van der Waals surface area contributed by atoms with Gasteiger partial charge < -0.3 is 15.5 Å². The quantitative estimate of drug-likeness (QED) is 0.435. The molecule has 0 bridgehead atoms. The Morgan fingerprint density at radius 2 is 2.10 bits per heavy atom. The highest BCUT2D eigenvalue weighted by atomic mass is 35.5. The second-order valence-electron chi connectivity index (χ2n) is 3.79. The maximum absolute atomic E-state index is 11.1. The van der Waals surface area contributed by atoms with Gasteiger partial charge in [0, 0.05) is 6.07 Å². The van der Waals surface area contributed by atoms with Gasteiger partial charge in [-0.05, 0) is 12.1 Å². The summed E-state index contributed by atoms with van der Waals surface area (Å²) in [6.07, 6.45) is 1.14. The van der Waals surface area contributed by atoms with Crippen molar-refractivity contribution < 1.29 is 9.66 Å². The van der Waals surface area contributed by atoms with Crippen molar-refractivity contribution in [3.05, 3.63) is 39.7 Å². The fraction of sp³-hybridized carbons (Fsp3) is 0.0909. The molecule has 0 aliphatic rings. The van der Waals surface area contributed by atoms with Crippen LogP contribution in [-0.4, -0.2) is 22.0 Å².